The van der Waals surface area contributed by atoms with E-state index in [0.717, 1.165) is 16.5 Å². The number of ether oxygens (including phenoxy) is 2. The molecule has 25 heavy (non-hydrogen) atoms. The number of aryl methyl sites for hydroxylation is 1. The molecule has 0 aliphatic carbocycles. The molecule has 6 heteroatoms. The van der Waals surface area contributed by atoms with Crippen LogP contribution in [0.25, 0.3) is 21.8 Å². The van der Waals surface area contributed by atoms with Crippen LogP contribution in [-0.4, -0.2) is 29.2 Å². The van der Waals surface area contributed by atoms with E-state index in [0.29, 0.717) is 30.4 Å². The topological polar surface area (TPSA) is 70.4 Å². The Bertz CT molecular complexity index is 978. The first-order valence-corrected chi connectivity index (χ1v) is 8.20. The Labute approximate surface area is 145 Å². The fourth-order valence-electron chi connectivity index (χ4n) is 2.95. The Kier molecular flexibility index (Phi) is 5.09. The molecule has 0 amide bonds. The molecule has 130 valence electrons. The van der Waals surface area contributed by atoms with Crippen LogP contribution in [0.3, 0.4) is 0 Å². The zero-order valence-electron chi connectivity index (χ0n) is 14.3. The van der Waals surface area contributed by atoms with Crippen molar-refractivity contribution in [1.82, 2.24) is 9.55 Å². The van der Waals surface area contributed by atoms with Gasteiger partial charge in [-0.2, -0.15) is 0 Å². The highest BCUT2D eigenvalue weighted by atomic mass is 16.5. The Morgan fingerprint density at radius 3 is 2.84 bits per heavy atom. The molecule has 0 fully saturated rings. The molecule has 0 saturated heterocycles. The molecular formula is C19H20N2O4. The number of hydrogen-bond donors (Lipinski definition) is 0. The summed E-state index contributed by atoms with van der Waals surface area (Å²) >= 11 is 0. The maximum Gasteiger partial charge on any atom is 0.306 e. The van der Waals surface area contributed by atoms with E-state index in [9.17, 15) is 9.59 Å². The first-order chi connectivity index (χ1) is 12.2. The molecule has 0 spiro atoms. The maximum atomic E-state index is 12.7. The summed E-state index contributed by atoms with van der Waals surface area (Å²) in [6.45, 7) is 2.34. The van der Waals surface area contributed by atoms with Crippen molar-refractivity contribution in [3.63, 3.8) is 0 Å². The molecule has 0 aliphatic rings. The number of esters is 1. The summed E-state index contributed by atoms with van der Waals surface area (Å²) in [4.78, 5) is 28.7. The number of benzene rings is 1. The van der Waals surface area contributed by atoms with Crippen molar-refractivity contribution in [3.05, 3.63) is 52.4 Å². The molecule has 0 saturated carbocycles. The van der Waals surface area contributed by atoms with Crippen LogP contribution >= 0.6 is 0 Å². The molecular weight excluding hydrogens is 320 g/mol. The van der Waals surface area contributed by atoms with Crippen LogP contribution in [0.5, 0.6) is 0 Å². The Balaban J connectivity index is 2.11. The second kappa shape index (κ2) is 7.44. The van der Waals surface area contributed by atoms with E-state index in [1.54, 1.807) is 36.9 Å². The largest absolute Gasteiger partial charge is 0.466 e. The molecule has 0 radical (unpaired) electrons. The summed E-state index contributed by atoms with van der Waals surface area (Å²) in [5.41, 5.74) is 2.29. The molecule has 3 rings (SSSR count). The van der Waals surface area contributed by atoms with Gasteiger partial charge in [0.05, 0.1) is 23.0 Å². The number of hydrogen-bond acceptors (Lipinski definition) is 5. The number of methoxy groups -OCH3 is 1. The normalized spacial score (nSPS) is 11.1. The van der Waals surface area contributed by atoms with Crippen LogP contribution in [-0.2, 0) is 27.4 Å². The highest BCUT2D eigenvalue weighted by Gasteiger charge is 2.12. The van der Waals surface area contributed by atoms with Crippen LogP contribution in [0, 0.1) is 0 Å². The highest BCUT2D eigenvalue weighted by Crippen LogP contribution is 2.23. The highest BCUT2D eigenvalue weighted by molar-refractivity contribution is 6.03. The fraction of sp³-hybridized carbons (Fsp3) is 0.316. The predicted molar refractivity (Wildman–Crippen MR) is 95.5 cm³/mol. The van der Waals surface area contributed by atoms with Gasteiger partial charge in [0.2, 0.25) is 0 Å². The van der Waals surface area contributed by atoms with Gasteiger partial charge in [-0.15, -0.1) is 0 Å². The van der Waals surface area contributed by atoms with Crippen LogP contribution in [0.1, 0.15) is 18.9 Å². The van der Waals surface area contributed by atoms with Crippen molar-refractivity contribution in [2.24, 2.45) is 0 Å². The zero-order valence-corrected chi connectivity index (χ0v) is 14.3. The summed E-state index contributed by atoms with van der Waals surface area (Å²) in [7, 11) is 1.55. The quantitative estimate of drug-likeness (QED) is 0.510. The van der Waals surface area contributed by atoms with E-state index in [2.05, 4.69) is 4.98 Å². The number of pyridine rings is 2. The number of nitrogens with zero attached hydrogens (tertiary/aromatic N) is 2. The van der Waals surface area contributed by atoms with Crippen LogP contribution in [0.2, 0.25) is 0 Å². The molecule has 0 bridgehead atoms. The van der Waals surface area contributed by atoms with Gasteiger partial charge in [-0.25, -0.2) is 0 Å². The van der Waals surface area contributed by atoms with Crippen LogP contribution in [0.15, 0.2) is 41.3 Å². The summed E-state index contributed by atoms with van der Waals surface area (Å²) in [5.74, 6) is -0.213. The molecule has 0 aliphatic heterocycles. The summed E-state index contributed by atoms with van der Waals surface area (Å²) < 4.78 is 11.7. The van der Waals surface area contributed by atoms with E-state index in [-0.39, 0.29) is 18.3 Å². The van der Waals surface area contributed by atoms with Gasteiger partial charge in [0.15, 0.2) is 0 Å². The van der Waals surface area contributed by atoms with E-state index in [1.807, 2.05) is 18.2 Å². The van der Waals surface area contributed by atoms with Crippen LogP contribution < -0.4 is 5.56 Å². The molecule has 3 aromatic rings. The summed E-state index contributed by atoms with van der Waals surface area (Å²) in [6, 6.07) is 9.29. The summed E-state index contributed by atoms with van der Waals surface area (Å²) in [6.07, 6.45) is 2.57. The molecule has 0 unspecified atom stereocenters. The number of fused-ring (bicyclic) bond motifs is 3. The van der Waals surface area contributed by atoms with Gasteiger partial charge in [0.1, 0.15) is 6.73 Å². The Morgan fingerprint density at radius 1 is 1.24 bits per heavy atom. The smallest absolute Gasteiger partial charge is 0.306 e. The molecule has 0 N–H and O–H groups in total. The van der Waals surface area contributed by atoms with Gasteiger partial charge < -0.3 is 9.47 Å². The fourth-order valence-corrected chi connectivity index (χ4v) is 2.95. The number of carbonyl (C=O) groups is 1. The second-order valence-electron chi connectivity index (χ2n) is 5.71. The van der Waals surface area contributed by atoms with E-state index in [4.69, 9.17) is 9.47 Å². The average molecular weight is 340 g/mol. The minimum Gasteiger partial charge on any atom is -0.466 e. The first-order valence-electron chi connectivity index (χ1n) is 8.20. The van der Waals surface area contributed by atoms with Crippen molar-refractivity contribution in [3.8, 4) is 0 Å². The number of rotatable bonds is 6. The van der Waals surface area contributed by atoms with Gasteiger partial charge in [0.25, 0.3) is 5.56 Å². The van der Waals surface area contributed by atoms with E-state index >= 15 is 0 Å². The van der Waals surface area contributed by atoms with Crippen molar-refractivity contribution in [1.29, 1.82) is 0 Å². The lowest BCUT2D eigenvalue weighted by Gasteiger charge is -2.13. The lowest BCUT2D eigenvalue weighted by atomic mass is 10.0. The number of carbonyl (C=O) groups excluding carboxylic acids is 1. The standard InChI is InChI=1S/C19H20N2O4/c1-3-25-17(22)9-7-13-6-8-16-15(11-13)18-14(5-4-10-20-18)19(23)21(16)12-24-2/h4-6,8,10-11H,3,7,9,12H2,1-2H3. The van der Waals surface area contributed by atoms with Gasteiger partial charge in [-0.1, -0.05) is 6.07 Å². The second-order valence-corrected chi connectivity index (χ2v) is 5.71. The zero-order chi connectivity index (χ0) is 17.8. The first kappa shape index (κ1) is 17.1. The van der Waals surface area contributed by atoms with Gasteiger partial charge in [-0.3, -0.25) is 19.1 Å². The predicted octanol–water partition coefficient (Wildman–Crippen LogP) is 2.65. The minimum atomic E-state index is -0.213. The molecule has 1 aromatic carbocycles. The monoisotopic (exact) mass is 340 g/mol. The lowest BCUT2D eigenvalue weighted by molar-refractivity contribution is -0.143. The van der Waals surface area contributed by atoms with Crippen molar-refractivity contribution in [2.45, 2.75) is 26.5 Å². The summed E-state index contributed by atoms with van der Waals surface area (Å²) in [5, 5.41) is 1.42. The molecule has 2 heterocycles. The molecule has 0 atom stereocenters. The SMILES string of the molecule is CCOC(=O)CCc1ccc2c(c1)c1ncccc1c(=O)n2COC. The number of aromatic nitrogens is 2. The Hall–Kier alpha value is -2.73. The lowest BCUT2D eigenvalue weighted by Crippen LogP contribution is -2.22. The third-order valence-corrected chi connectivity index (χ3v) is 4.07. The van der Waals surface area contributed by atoms with Gasteiger partial charge in [0, 0.05) is 25.1 Å². The minimum absolute atomic E-state index is 0.128. The third-order valence-electron chi connectivity index (χ3n) is 4.07. The van der Waals surface area contributed by atoms with Gasteiger partial charge in [-0.05, 0) is 43.2 Å². The van der Waals surface area contributed by atoms with E-state index in [1.165, 1.54) is 0 Å². The maximum absolute atomic E-state index is 12.7. The van der Waals surface area contributed by atoms with Crippen LogP contribution in [0.4, 0.5) is 0 Å². The molecule has 2 aromatic heterocycles. The molecule has 6 nitrogen and oxygen atoms in total. The van der Waals surface area contributed by atoms with Crippen molar-refractivity contribution in [2.75, 3.05) is 13.7 Å². The third kappa shape index (κ3) is 3.39. The average Bonchev–Trinajstić information content (AvgIpc) is 2.63. The van der Waals surface area contributed by atoms with Crippen molar-refractivity contribution < 1.29 is 14.3 Å². The van der Waals surface area contributed by atoms with Gasteiger partial charge >= 0.3 is 5.97 Å². The Morgan fingerprint density at radius 2 is 2.08 bits per heavy atom. The van der Waals surface area contributed by atoms with Crippen molar-refractivity contribution >= 4 is 27.8 Å². The van der Waals surface area contributed by atoms with E-state index < -0.39 is 0 Å².